The number of carbonyl (C=O) groups excluding carboxylic acids is 1. The van der Waals surface area contributed by atoms with Crippen LogP contribution in [0.2, 0.25) is 0 Å². The predicted octanol–water partition coefficient (Wildman–Crippen LogP) is 3.12. The summed E-state index contributed by atoms with van der Waals surface area (Å²) in [6.07, 6.45) is 2.80. The van der Waals surface area contributed by atoms with Crippen molar-refractivity contribution in [2.75, 3.05) is 6.79 Å². The maximum Gasteiger partial charge on any atom is 0.331 e. The SMILES string of the molecule is Cc1ccc(C=CC(=O)OCc2nc(-c3ccc4c(c3)OCO4)no2)o1. The van der Waals surface area contributed by atoms with Gasteiger partial charge in [0.1, 0.15) is 11.5 Å². The van der Waals surface area contributed by atoms with Gasteiger partial charge in [-0.3, -0.25) is 0 Å². The van der Waals surface area contributed by atoms with Crippen LogP contribution < -0.4 is 9.47 Å². The van der Waals surface area contributed by atoms with Crippen molar-refractivity contribution in [3.05, 3.63) is 53.8 Å². The molecule has 3 aromatic rings. The maximum absolute atomic E-state index is 11.7. The van der Waals surface area contributed by atoms with Crippen molar-refractivity contribution in [3.63, 3.8) is 0 Å². The van der Waals surface area contributed by atoms with Gasteiger partial charge >= 0.3 is 5.97 Å². The van der Waals surface area contributed by atoms with Crippen molar-refractivity contribution in [1.29, 1.82) is 0 Å². The summed E-state index contributed by atoms with van der Waals surface area (Å²) in [5.41, 5.74) is 0.712. The minimum atomic E-state index is -0.540. The highest BCUT2D eigenvalue weighted by atomic mass is 16.7. The molecule has 0 aliphatic carbocycles. The Balaban J connectivity index is 1.36. The summed E-state index contributed by atoms with van der Waals surface area (Å²) in [5, 5.41) is 3.88. The van der Waals surface area contributed by atoms with Crippen LogP contribution >= 0.6 is 0 Å². The van der Waals surface area contributed by atoms with Gasteiger partial charge in [0.25, 0.3) is 5.89 Å². The minimum Gasteiger partial charge on any atom is -0.462 e. The summed E-state index contributed by atoms with van der Waals surface area (Å²) in [5.74, 6) is 2.65. The summed E-state index contributed by atoms with van der Waals surface area (Å²) in [6, 6.07) is 8.89. The first-order valence-electron chi connectivity index (χ1n) is 7.81. The van der Waals surface area contributed by atoms with E-state index in [0.29, 0.717) is 28.6 Å². The smallest absolute Gasteiger partial charge is 0.331 e. The molecule has 0 atom stereocenters. The van der Waals surface area contributed by atoms with Crippen LogP contribution in [0, 0.1) is 6.92 Å². The van der Waals surface area contributed by atoms with Gasteiger partial charge in [0.2, 0.25) is 12.6 Å². The third-order valence-electron chi connectivity index (χ3n) is 3.58. The van der Waals surface area contributed by atoms with Gasteiger partial charge in [-0.1, -0.05) is 5.16 Å². The van der Waals surface area contributed by atoms with Gasteiger partial charge in [0, 0.05) is 11.6 Å². The van der Waals surface area contributed by atoms with Crippen LogP contribution in [-0.2, 0) is 16.1 Å². The number of benzene rings is 1. The monoisotopic (exact) mass is 354 g/mol. The molecule has 26 heavy (non-hydrogen) atoms. The standard InChI is InChI=1S/C18H14N2O6/c1-11-2-4-13(25-11)5-7-17(21)22-9-16-19-18(20-26-16)12-3-6-14-15(8-12)24-10-23-14/h2-8H,9-10H2,1H3. The van der Waals surface area contributed by atoms with Crippen LogP contribution in [0.5, 0.6) is 11.5 Å². The molecule has 0 radical (unpaired) electrons. The Bertz CT molecular complexity index is 972. The molecule has 0 saturated carbocycles. The van der Waals surface area contributed by atoms with Crippen LogP contribution in [0.3, 0.4) is 0 Å². The van der Waals surface area contributed by atoms with E-state index in [1.165, 1.54) is 12.2 Å². The van der Waals surface area contributed by atoms with Gasteiger partial charge < -0.3 is 23.2 Å². The van der Waals surface area contributed by atoms with Crippen LogP contribution in [-0.4, -0.2) is 22.9 Å². The molecule has 132 valence electrons. The number of fused-ring (bicyclic) bond motifs is 1. The summed E-state index contributed by atoms with van der Waals surface area (Å²) < 4.78 is 26.1. The van der Waals surface area contributed by atoms with E-state index in [-0.39, 0.29) is 19.3 Å². The van der Waals surface area contributed by atoms with Gasteiger partial charge in [0.15, 0.2) is 18.1 Å². The van der Waals surface area contributed by atoms with Crippen molar-refractivity contribution in [1.82, 2.24) is 10.1 Å². The molecule has 1 aliphatic heterocycles. The van der Waals surface area contributed by atoms with E-state index >= 15 is 0 Å². The zero-order valence-electron chi connectivity index (χ0n) is 13.8. The number of nitrogens with zero attached hydrogens (tertiary/aromatic N) is 2. The van der Waals surface area contributed by atoms with Gasteiger partial charge in [-0.15, -0.1) is 0 Å². The van der Waals surface area contributed by atoms with Crippen molar-refractivity contribution < 1.29 is 27.9 Å². The lowest BCUT2D eigenvalue weighted by Crippen LogP contribution is -2.00. The molecule has 4 rings (SSSR count). The first-order chi connectivity index (χ1) is 12.7. The molecule has 0 saturated heterocycles. The number of ether oxygens (including phenoxy) is 3. The molecular formula is C18H14N2O6. The maximum atomic E-state index is 11.7. The molecule has 0 bridgehead atoms. The van der Waals surface area contributed by atoms with Gasteiger partial charge in [-0.25, -0.2) is 4.79 Å². The molecule has 0 unspecified atom stereocenters. The number of furan rings is 1. The van der Waals surface area contributed by atoms with E-state index < -0.39 is 5.97 Å². The average Bonchev–Trinajstić information content (AvgIpc) is 3.38. The summed E-state index contributed by atoms with van der Waals surface area (Å²) >= 11 is 0. The highest BCUT2D eigenvalue weighted by Gasteiger charge is 2.16. The lowest BCUT2D eigenvalue weighted by Gasteiger charge is -1.98. The molecule has 0 amide bonds. The number of hydrogen-bond acceptors (Lipinski definition) is 8. The summed E-state index contributed by atoms with van der Waals surface area (Å²) in [6.45, 7) is 1.89. The predicted molar refractivity (Wildman–Crippen MR) is 88.1 cm³/mol. The first kappa shape index (κ1) is 15.9. The Morgan fingerprint density at radius 2 is 2.12 bits per heavy atom. The Morgan fingerprint density at radius 3 is 2.96 bits per heavy atom. The van der Waals surface area contributed by atoms with Crippen molar-refractivity contribution in [2.24, 2.45) is 0 Å². The van der Waals surface area contributed by atoms with E-state index in [4.69, 9.17) is 23.2 Å². The molecule has 2 aromatic heterocycles. The van der Waals surface area contributed by atoms with E-state index in [2.05, 4.69) is 10.1 Å². The van der Waals surface area contributed by atoms with Crippen molar-refractivity contribution >= 4 is 12.0 Å². The summed E-state index contributed by atoms with van der Waals surface area (Å²) in [7, 11) is 0. The molecule has 1 aliphatic rings. The third kappa shape index (κ3) is 3.44. The normalized spacial score (nSPS) is 12.7. The number of esters is 1. The lowest BCUT2D eigenvalue weighted by molar-refractivity contribution is -0.139. The third-order valence-corrected chi connectivity index (χ3v) is 3.58. The number of carbonyl (C=O) groups is 1. The minimum absolute atomic E-state index is 0.127. The van der Waals surface area contributed by atoms with Gasteiger partial charge in [0.05, 0.1) is 0 Å². The number of rotatable bonds is 5. The van der Waals surface area contributed by atoms with E-state index in [1.807, 2.05) is 6.92 Å². The van der Waals surface area contributed by atoms with Crippen molar-refractivity contribution in [3.8, 4) is 22.9 Å². The lowest BCUT2D eigenvalue weighted by atomic mass is 10.2. The molecule has 8 heteroatoms. The van der Waals surface area contributed by atoms with Crippen LogP contribution in [0.4, 0.5) is 0 Å². The molecule has 0 fully saturated rings. The molecule has 0 N–H and O–H groups in total. The largest absolute Gasteiger partial charge is 0.462 e. The van der Waals surface area contributed by atoms with E-state index in [1.54, 1.807) is 30.3 Å². The average molecular weight is 354 g/mol. The zero-order valence-corrected chi connectivity index (χ0v) is 13.8. The Kier molecular flexibility index (Phi) is 4.14. The zero-order chi connectivity index (χ0) is 17.9. The van der Waals surface area contributed by atoms with Crippen LogP contribution in [0.15, 0.2) is 45.3 Å². The van der Waals surface area contributed by atoms with Crippen molar-refractivity contribution in [2.45, 2.75) is 13.5 Å². The second-order valence-corrected chi connectivity index (χ2v) is 5.47. The molecule has 1 aromatic carbocycles. The summed E-state index contributed by atoms with van der Waals surface area (Å²) in [4.78, 5) is 15.9. The van der Waals surface area contributed by atoms with E-state index in [0.717, 1.165) is 5.76 Å². The fourth-order valence-electron chi connectivity index (χ4n) is 2.34. The fraction of sp³-hybridized carbons (Fsp3) is 0.167. The Labute approximate surface area is 148 Å². The number of aryl methyl sites for hydroxylation is 1. The number of hydrogen-bond donors (Lipinski definition) is 0. The van der Waals surface area contributed by atoms with E-state index in [9.17, 15) is 4.79 Å². The molecule has 8 nitrogen and oxygen atoms in total. The highest BCUT2D eigenvalue weighted by molar-refractivity contribution is 5.86. The highest BCUT2D eigenvalue weighted by Crippen LogP contribution is 2.35. The van der Waals surface area contributed by atoms with Crippen LogP contribution in [0.1, 0.15) is 17.4 Å². The molecule has 3 heterocycles. The Hall–Kier alpha value is -3.55. The fourth-order valence-corrected chi connectivity index (χ4v) is 2.34. The molecular weight excluding hydrogens is 340 g/mol. The van der Waals surface area contributed by atoms with Gasteiger partial charge in [-0.2, -0.15) is 4.98 Å². The number of aromatic nitrogens is 2. The first-order valence-corrected chi connectivity index (χ1v) is 7.81. The second kappa shape index (κ2) is 6.75. The second-order valence-electron chi connectivity index (χ2n) is 5.47. The van der Waals surface area contributed by atoms with Crippen LogP contribution in [0.25, 0.3) is 17.5 Å². The Morgan fingerprint density at radius 1 is 1.23 bits per heavy atom. The topological polar surface area (TPSA) is 96.8 Å². The molecule has 0 spiro atoms. The quantitative estimate of drug-likeness (QED) is 0.509. The van der Waals surface area contributed by atoms with Gasteiger partial charge in [-0.05, 0) is 43.3 Å².